The third kappa shape index (κ3) is 2.03. The highest BCUT2D eigenvalue weighted by atomic mass is 79.9. The molecule has 2 atom stereocenters. The molecule has 0 saturated heterocycles. The first-order valence-electron chi connectivity index (χ1n) is 4.23. The van der Waals surface area contributed by atoms with Gasteiger partial charge in [-0.3, -0.25) is 0 Å². The van der Waals surface area contributed by atoms with E-state index in [0.29, 0.717) is 11.8 Å². The second kappa shape index (κ2) is 3.80. The van der Waals surface area contributed by atoms with Crippen LogP contribution in [0.5, 0.6) is 0 Å². The van der Waals surface area contributed by atoms with Gasteiger partial charge >= 0.3 is 0 Å². The van der Waals surface area contributed by atoms with E-state index in [1.54, 1.807) is 0 Å². The zero-order valence-corrected chi connectivity index (χ0v) is 10.0. The van der Waals surface area contributed by atoms with Crippen molar-refractivity contribution in [2.24, 2.45) is 5.92 Å². The maximum Gasteiger partial charge on any atom is 0.0452 e. The topological polar surface area (TPSA) is 0 Å². The predicted molar refractivity (Wildman–Crippen MR) is 60.7 cm³/mol. The van der Waals surface area contributed by atoms with Crippen molar-refractivity contribution >= 4 is 39.1 Å². The molecule has 1 aromatic carbocycles. The van der Waals surface area contributed by atoms with Gasteiger partial charge in [-0.2, -0.15) is 0 Å². The van der Waals surface area contributed by atoms with Crippen LogP contribution < -0.4 is 0 Å². The molecule has 0 spiro atoms. The second-order valence-corrected chi connectivity index (χ2v) is 5.05. The highest BCUT2D eigenvalue weighted by Crippen LogP contribution is 2.50. The van der Waals surface area contributed by atoms with Crippen molar-refractivity contribution in [1.29, 1.82) is 0 Å². The van der Waals surface area contributed by atoms with E-state index in [0.717, 1.165) is 15.4 Å². The van der Waals surface area contributed by atoms with Gasteiger partial charge in [0, 0.05) is 15.4 Å². The van der Waals surface area contributed by atoms with Crippen molar-refractivity contribution < 1.29 is 0 Å². The molecule has 3 heteroatoms. The fraction of sp³-hybridized carbons (Fsp3) is 0.400. The molecule has 0 amide bonds. The Labute approximate surface area is 96.4 Å². The highest BCUT2D eigenvalue weighted by Gasteiger charge is 2.38. The molecule has 1 fully saturated rings. The van der Waals surface area contributed by atoms with Gasteiger partial charge < -0.3 is 0 Å². The van der Waals surface area contributed by atoms with Crippen LogP contribution in [0.3, 0.4) is 0 Å². The van der Waals surface area contributed by atoms with Gasteiger partial charge in [0.25, 0.3) is 0 Å². The van der Waals surface area contributed by atoms with Crippen molar-refractivity contribution in [3.05, 3.63) is 33.3 Å². The van der Waals surface area contributed by atoms with Gasteiger partial charge in [0.1, 0.15) is 0 Å². The van der Waals surface area contributed by atoms with Crippen LogP contribution in [0, 0.1) is 5.92 Å². The minimum absolute atomic E-state index is 0.595. The number of benzene rings is 1. The van der Waals surface area contributed by atoms with E-state index in [9.17, 15) is 0 Å². The maximum atomic E-state index is 6.11. The van der Waals surface area contributed by atoms with Crippen LogP contribution in [0.15, 0.2) is 22.7 Å². The van der Waals surface area contributed by atoms with E-state index in [1.807, 2.05) is 12.1 Å². The largest absolute Gasteiger partial charge is 0.126 e. The molecule has 2 rings (SSSR count). The molecule has 0 radical (unpaired) electrons. The van der Waals surface area contributed by atoms with Crippen LogP contribution in [0.2, 0.25) is 5.02 Å². The van der Waals surface area contributed by atoms with Gasteiger partial charge in [-0.25, -0.2) is 0 Å². The SMILES string of the molecule is ClCC1CC1c1ccc(Br)cc1Cl. The molecule has 0 aromatic heterocycles. The Morgan fingerprint density at radius 1 is 1.46 bits per heavy atom. The monoisotopic (exact) mass is 278 g/mol. The summed E-state index contributed by atoms with van der Waals surface area (Å²) in [5.41, 5.74) is 1.25. The Kier molecular flexibility index (Phi) is 2.87. The van der Waals surface area contributed by atoms with Gasteiger partial charge in [0.05, 0.1) is 0 Å². The molecule has 0 bridgehead atoms. The summed E-state index contributed by atoms with van der Waals surface area (Å²) in [6.07, 6.45) is 1.19. The van der Waals surface area contributed by atoms with E-state index < -0.39 is 0 Å². The highest BCUT2D eigenvalue weighted by molar-refractivity contribution is 9.10. The molecule has 0 N–H and O–H groups in total. The van der Waals surface area contributed by atoms with Crippen molar-refractivity contribution in [2.75, 3.05) is 5.88 Å². The summed E-state index contributed by atoms with van der Waals surface area (Å²) in [6, 6.07) is 6.06. The summed E-state index contributed by atoms with van der Waals surface area (Å²) in [7, 11) is 0. The predicted octanol–water partition coefficient (Wildman–Crippen LogP) is 4.44. The van der Waals surface area contributed by atoms with Crippen LogP contribution in [0.4, 0.5) is 0 Å². The molecule has 1 aliphatic carbocycles. The quantitative estimate of drug-likeness (QED) is 0.702. The van der Waals surface area contributed by atoms with Gasteiger partial charge in [-0.15, -0.1) is 11.6 Å². The normalized spacial score (nSPS) is 26.1. The summed E-state index contributed by atoms with van der Waals surface area (Å²) in [4.78, 5) is 0. The Hall–Kier alpha value is 0.280. The van der Waals surface area contributed by atoms with Gasteiger partial charge in [0.2, 0.25) is 0 Å². The molecule has 0 aliphatic heterocycles. The minimum Gasteiger partial charge on any atom is -0.126 e. The lowest BCUT2D eigenvalue weighted by Crippen LogP contribution is -1.86. The Bertz CT molecular complexity index is 325. The number of hydrogen-bond donors (Lipinski definition) is 0. The van der Waals surface area contributed by atoms with E-state index in [1.165, 1.54) is 12.0 Å². The summed E-state index contributed by atoms with van der Waals surface area (Å²) in [5, 5.41) is 0.854. The molecular weight excluding hydrogens is 271 g/mol. The molecule has 1 saturated carbocycles. The van der Waals surface area contributed by atoms with Crippen LogP contribution in [-0.4, -0.2) is 5.88 Å². The smallest absolute Gasteiger partial charge is 0.0452 e. The number of halogens is 3. The van der Waals surface area contributed by atoms with Crippen molar-refractivity contribution in [1.82, 2.24) is 0 Å². The minimum atomic E-state index is 0.595. The number of alkyl halides is 1. The van der Waals surface area contributed by atoms with Crippen LogP contribution >= 0.6 is 39.1 Å². The Balaban J connectivity index is 2.22. The lowest BCUT2D eigenvalue weighted by atomic mass is 10.1. The van der Waals surface area contributed by atoms with Crippen LogP contribution in [0.25, 0.3) is 0 Å². The number of rotatable bonds is 2. The summed E-state index contributed by atoms with van der Waals surface area (Å²) < 4.78 is 1.03. The zero-order valence-electron chi connectivity index (χ0n) is 6.93. The molecule has 1 aliphatic rings. The summed E-state index contributed by atoms with van der Waals surface area (Å²) >= 11 is 15.3. The molecule has 70 valence electrons. The van der Waals surface area contributed by atoms with E-state index in [4.69, 9.17) is 23.2 Å². The Morgan fingerprint density at radius 2 is 2.23 bits per heavy atom. The molecule has 1 aromatic rings. The van der Waals surface area contributed by atoms with E-state index >= 15 is 0 Å². The molecule has 13 heavy (non-hydrogen) atoms. The lowest BCUT2D eigenvalue weighted by molar-refractivity contribution is 0.923. The molecule has 0 nitrogen and oxygen atoms in total. The number of hydrogen-bond acceptors (Lipinski definition) is 0. The third-order valence-corrected chi connectivity index (χ3v) is 3.70. The molecule has 0 heterocycles. The average Bonchev–Trinajstić information content (AvgIpc) is 2.83. The average molecular weight is 280 g/mol. The van der Waals surface area contributed by atoms with E-state index in [2.05, 4.69) is 22.0 Å². The fourth-order valence-corrected chi connectivity index (χ4v) is 2.76. The lowest BCUT2D eigenvalue weighted by Gasteiger charge is -2.02. The van der Waals surface area contributed by atoms with Gasteiger partial charge in [-0.1, -0.05) is 33.6 Å². The first-order valence-corrected chi connectivity index (χ1v) is 5.94. The van der Waals surface area contributed by atoms with E-state index in [-0.39, 0.29) is 0 Å². The second-order valence-electron chi connectivity index (χ2n) is 3.42. The zero-order chi connectivity index (χ0) is 9.42. The first-order chi connectivity index (χ1) is 6.22. The van der Waals surface area contributed by atoms with Gasteiger partial charge in [-0.05, 0) is 36.0 Å². The summed E-state index contributed by atoms with van der Waals surface area (Å²) in [5.74, 6) is 1.98. The maximum absolute atomic E-state index is 6.11. The van der Waals surface area contributed by atoms with Crippen molar-refractivity contribution in [3.63, 3.8) is 0 Å². The first kappa shape index (κ1) is 9.82. The summed E-state index contributed by atoms with van der Waals surface area (Å²) in [6.45, 7) is 0. The molecular formula is C10H9BrCl2. The molecule has 2 unspecified atom stereocenters. The van der Waals surface area contributed by atoms with Crippen molar-refractivity contribution in [3.8, 4) is 0 Å². The van der Waals surface area contributed by atoms with Crippen LogP contribution in [-0.2, 0) is 0 Å². The fourth-order valence-electron chi connectivity index (χ4n) is 1.60. The van der Waals surface area contributed by atoms with Crippen LogP contribution in [0.1, 0.15) is 17.9 Å². The standard InChI is InChI=1S/C10H9BrCl2/c11-7-1-2-8(10(13)4-7)9-3-6(9)5-12/h1-2,4,6,9H,3,5H2. The third-order valence-electron chi connectivity index (χ3n) is 2.48. The Morgan fingerprint density at radius 3 is 2.77 bits per heavy atom. The van der Waals surface area contributed by atoms with Crippen molar-refractivity contribution in [2.45, 2.75) is 12.3 Å². The van der Waals surface area contributed by atoms with Gasteiger partial charge in [0.15, 0.2) is 0 Å².